The molecule has 1 atom stereocenters. The van der Waals surface area contributed by atoms with Crippen LogP contribution in [0.25, 0.3) is 0 Å². The van der Waals surface area contributed by atoms with Crippen LogP contribution in [0.5, 0.6) is 0 Å². The van der Waals surface area contributed by atoms with Crippen LogP contribution >= 0.6 is 0 Å². The number of hydrogen-bond acceptors (Lipinski definition) is 3. The van der Waals surface area contributed by atoms with Crippen molar-refractivity contribution in [3.8, 4) is 0 Å². The zero-order valence-corrected chi connectivity index (χ0v) is 12.6. The van der Waals surface area contributed by atoms with Gasteiger partial charge in [-0.05, 0) is 36.6 Å². The minimum atomic E-state index is -4.46. The van der Waals surface area contributed by atoms with Gasteiger partial charge in [0.05, 0.1) is 12.1 Å². The average molecular weight is 332 g/mol. The summed E-state index contributed by atoms with van der Waals surface area (Å²) in [5, 5.41) is 13.7. The van der Waals surface area contributed by atoms with E-state index in [9.17, 15) is 22.8 Å². The van der Waals surface area contributed by atoms with Crippen LogP contribution in [0.15, 0.2) is 24.3 Å². The normalized spacial score (nSPS) is 12.6. The van der Waals surface area contributed by atoms with Gasteiger partial charge in [0.15, 0.2) is 0 Å². The predicted octanol–water partition coefficient (Wildman–Crippen LogP) is 1.57. The highest BCUT2D eigenvalue weighted by Gasteiger charge is 2.30. The molecule has 0 saturated carbocycles. The summed E-state index contributed by atoms with van der Waals surface area (Å²) in [5.41, 5.74) is -0.802. The summed E-state index contributed by atoms with van der Waals surface area (Å²) in [7, 11) is 0. The molecule has 1 aromatic carbocycles. The first kappa shape index (κ1) is 19.0. The third-order valence-corrected chi connectivity index (χ3v) is 3.15. The van der Waals surface area contributed by atoms with Crippen molar-refractivity contribution in [2.45, 2.75) is 19.5 Å². The molecule has 0 aliphatic heterocycles. The molecule has 1 aromatic rings. The second-order valence-electron chi connectivity index (χ2n) is 5.18. The van der Waals surface area contributed by atoms with E-state index >= 15 is 0 Å². The lowest BCUT2D eigenvalue weighted by Crippen LogP contribution is -2.38. The first-order valence-corrected chi connectivity index (χ1v) is 7.07. The summed E-state index contributed by atoms with van der Waals surface area (Å²) in [5.74, 6) is -0.929. The maximum absolute atomic E-state index is 12.4. The number of carbonyl (C=O) groups excluding carboxylic acids is 2. The van der Waals surface area contributed by atoms with Crippen molar-refractivity contribution >= 4 is 11.8 Å². The van der Waals surface area contributed by atoms with Crippen molar-refractivity contribution in [3.63, 3.8) is 0 Å². The Morgan fingerprint density at radius 3 is 2.30 bits per heavy atom. The summed E-state index contributed by atoms with van der Waals surface area (Å²) in [6, 6.07) is 3.73. The molecule has 23 heavy (non-hydrogen) atoms. The van der Waals surface area contributed by atoms with Gasteiger partial charge in [0.1, 0.15) is 0 Å². The standard InChI is InChI=1S/C15H19F3N2O3/c1-10(6-7-21)8-19-13(22)9-20-14(23)11-2-4-12(5-3-11)15(16,17)18/h2-5,10,21H,6-9H2,1H3,(H,19,22)(H,20,23). The smallest absolute Gasteiger partial charge is 0.396 e. The van der Waals surface area contributed by atoms with Crippen molar-refractivity contribution in [1.29, 1.82) is 0 Å². The van der Waals surface area contributed by atoms with Gasteiger partial charge in [-0.1, -0.05) is 6.92 Å². The van der Waals surface area contributed by atoms with Crippen molar-refractivity contribution in [2.75, 3.05) is 19.7 Å². The summed E-state index contributed by atoms with van der Waals surface area (Å²) in [6.07, 6.45) is -3.90. The molecule has 8 heteroatoms. The van der Waals surface area contributed by atoms with Gasteiger partial charge in [0.25, 0.3) is 5.91 Å². The lowest BCUT2D eigenvalue weighted by atomic mass is 10.1. The third kappa shape index (κ3) is 6.68. The molecule has 1 rings (SSSR count). The van der Waals surface area contributed by atoms with Crippen molar-refractivity contribution in [2.24, 2.45) is 5.92 Å². The van der Waals surface area contributed by atoms with E-state index in [1.54, 1.807) is 0 Å². The van der Waals surface area contributed by atoms with Crippen LogP contribution in [0, 0.1) is 5.92 Å². The fourth-order valence-electron chi connectivity index (χ4n) is 1.75. The topological polar surface area (TPSA) is 78.4 Å². The highest BCUT2D eigenvalue weighted by molar-refractivity contribution is 5.96. The van der Waals surface area contributed by atoms with E-state index in [1.807, 2.05) is 6.92 Å². The van der Waals surface area contributed by atoms with Crippen LogP contribution in [0.2, 0.25) is 0 Å². The quantitative estimate of drug-likeness (QED) is 0.709. The Morgan fingerprint density at radius 2 is 1.78 bits per heavy atom. The Labute approximate surface area is 131 Å². The number of alkyl halides is 3. The zero-order valence-electron chi connectivity index (χ0n) is 12.6. The molecular formula is C15H19F3N2O3. The predicted molar refractivity (Wildman–Crippen MR) is 77.7 cm³/mol. The number of carbonyl (C=O) groups is 2. The molecular weight excluding hydrogens is 313 g/mol. The third-order valence-electron chi connectivity index (χ3n) is 3.15. The number of aliphatic hydroxyl groups excluding tert-OH is 1. The molecule has 0 saturated heterocycles. The first-order valence-electron chi connectivity index (χ1n) is 7.07. The summed E-state index contributed by atoms with van der Waals surface area (Å²) in [6.45, 7) is 1.99. The molecule has 2 amide bonds. The van der Waals surface area contributed by atoms with Gasteiger partial charge < -0.3 is 15.7 Å². The second-order valence-corrected chi connectivity index (χ2v) is 5.18. The lowest BCUT2D eigenvalue weighted by Gasteiger charge is -2.12. The van der Waals surface area contributed by atoms with Crippen molar-refractivity contribution in [1.82, 2.24) is 10.6 Å². The van der Waals surface area contributed by atoms with Gasteiger partial charge in [-0.3, -0.25) is 9.59 Å². The highest BCUT2D eigenvalue weighted by Crippen LogP contribution is 2.28. The van der Waals surface area contributed by atoms with Crippen LogP contribution < -0.4 is 10.6 Å². The maximum Gasteiger partial charge on any atom is 0.416 e. The van der Waals surface area contributed by atoms with E-state index in [-0.39, 0.29) is 24.6 Å². The minimum Gasteiger partial charge on any atom is -0.396 e. The Morgan fingerprint density at radius 1 is 1.17 bits per heavy atom. The fraction of sp³-hybridized carbons (Fsp3) is 0.467. The van der Waals surface area contributed by atoms with E-state index in [0.717, 1.165) is 24.3 Å². The Balaban J connectivity index is 2.43. The van der Waals surface area contributed by atoms with Gasteiger partial charge in [-0.2, -0.15) is 13.2 Å². The lowest BCUT2D eigenvalue weighted by molar-refractivity contribution is -0.137. The zero-order chi connectivity index (χ0) is 17.5. The van der Waals surface area contributed by atoms with E-state index in [2.05, 4.69) is 10.6 Å². The van der Waals surface area contributed by atoms with Gasteiger partial charge >= 0.3 is 6.18 Å². The Hall–Kier alpha value is -2.09. The minimum absolute atomic E-state index is 0.0295. The number of amides is 2. The number of rotatable bonds is 7. The number of nitrogens with one attached hydrogen (secondary N) is 2. The molecule has 0 heterocycles. The molecule has 1 unspecified atom stereocenters. The Kier molecular flexibility index (Phi) is 7.02. The number of hydrogen-bond donors (Lipinski definition) is 3. The summed E-state index contributed by atoms with van der Waals surface area (Å²) in [4.78, 5) is 23.3. The molecule has 0 radical (unpaired) electrons. The molecule has 5 nitrogen and oxygen atoms in total. The SMILES string of the molecule is CC(CCO)CNC(=O)CNC(=O)c1ccc(C(F)(F)F)cc1. The number of aliphatic hydroxyl groups is 1. The van der Waals surface area contributed by atoms with E-state index in [0.29, 0.717) is 13.0 Å². The first-order chi connectivity index (χ1) is 10.7. The second kappa shape index (κ2) is 8.52. The molecule has 128 valence electrons. The van der Waals surface area contributed by atoms with Gasteiger partial charge in [0.2, 0.25) is 5.91 Å². The fourth-order valence-corrected chi connectivity index (χ4v) is 1.75. The molecule has 0 fully saturated rings. The van der Waals surface area contributed by atoms with E-state index < -0.39 is 23.6 Å². The van der Waals surface area contributed by atoms with Gasteiger partial charge in [-0.15, -0.1) is 0 Å². The monoisotopic (exact) mass is 332 g/mol. The van der Waals surface area contributed by atoms with Crippen molar-refractivity contribution in [3.05, 3.63) is 35.4 Å². The molecule has 0 aliphatic carbocycles. The number of halogens is 3. The van der Waals surface area contributed by atoms with Gasteiger partial charge in [0, 0.05) is 18.7 Å². The van der Waals surface area contributed by atoms with E-state index in [1.165, 1.54) is 0 Å². The average Bonchev–Trinajstić information content (AvgIpc) is 2.50. The van der Waals surface area contributed by atoms with Crippen LogP contribution in [0.3, 0.4) is 0 Å². The highest BCUT2D eigenvalue weighted by atomic mass is 19.4. The van der Waals surface area contributed by atoms with E-state index in [4.69, 9.17) is 5.11 Å². The molecule has 0 aliphatic rings. The largest absolute Gasteiger partial charge is 0.416 e. The molecule has 0 spiro atoms. The van der Waals surface area contributed by atoms with Crippen LogP contribution in [0.4, 0.5) is 13.2 Å². The number of benzene rings is 1. The molecule has 0 aromatic heterocycles. The molecule has 3 N–H and O–H groups in total. The van der Waals surface area contributed by atoms with Crippen molar-refractivity contribution < 1.29 is 27.9 Å². The Bertz CT molecular complexity index is 530. The van der Waals surface area contributed by atoms with Crippen LogP contribution in [-0.2, 0) is 11.0 Å². The molecule has 0 bridgehead atoms. The van der Waals surface area contributed by atoms with Crippen LogP contribution in [-0.4, -0.2) is 36.6 Å². The van der Waals surface area contributed by atoms with Crippen LogP contribution in [0.1, 0.15) is 29.3 Å². The summed E-state index contributed by atoms with van der Waals surface area (Å²) >= 11 is 0. The summed E-state index contributed by atoms with van der Waals surface area (Å²) < 4.78 is 37.2. The van der Waals surface area contributed by atoms with Gasteiger partial charge in [-0.25, -0.2) is 0 Å². The maximum atomic E-state index is 12.4.